The minimum Gasteiger partial charge on any atom is -0.491 e. The molecule has 0 atom stereocenters. The fraction of sp³-hybridized carbons (Fsp3) is 0.176. The second-order valence-electron chi connectivity index (χ2n) is 4.90. The Morgan fingerprint density at radius 3 is 2.44 bits per heavy atom. The number of anilines is 1. The Bertz CT molecular complexity index is 754. The number of carbonyl (C=O) groups excluding carboxylic acids is 1. The van der Waals surface area contributed by atoms with Gasteiger partial charge in [0.15, 0.2) is 5.11 Å². The fourth-order valence-electron chi connectivity index (χ4n) is 1.86. The van der Waals surface area contributed by atoms with Gasteiger partial charge in [-0.1, -0.05) is 23.2 Å². The van der Waals surface area contributed by atoms with Crippen LogP contribution >= 0.6 is 35.4 Å². The largest absolute Gasteiger partial charge is 0.491 e. The normalized spacial score (nSPS) is 10.2. The van der Waals surface area contributed by atoms with E-state index in [2.05, 4.69) is 10.6 Å². The summed E-state index contributed by atoms with van der Waals surface area (Å²) in [7, 11) is 1.60. The van der Waals surface area contributed by atoms with Crippen molar-refractivity contribution in [3.63, 3.8) is 0 Å². The maximum atomic E-state index is 12.2. The molecule has 2 aromatic carbocycles. The maximum absolute atomic E-state index is 12.2. The third-order valence-electron chi connectivity index (χ3n) is 3.08. The molecule has 0 radical (unpaired) electrons. The van der Waals surface area contributed by atoms with Gasteiger partial charge in [0.25, 0.3) is 5.91 Å². The predicted molar refractivity (Wildman–Crippen MR) is 104 cm³/mol. The topological polar surface area (TPSA) is 59.6 Å². The summed E-state index contributed by atoms with van der Waals surface area (Å²) in [6, 6.07) is 11.7. The van der Waals surface area contributed by atoms with Crippen molar-refractivity contribution < 1.29 is 14.3 Å². The first-order chi connectivity index (χ1) is 12.0. The molecule has 0 bridgehead atoms. The van der Waals surface area contributed by atoms with Crippen LogP contribution in [0, 0.1) is 0 Å². The number of thiocarbonyl (C=S) groups is 1. The average molecular weight is 399 g/mol. The summed E-state index contributed by atoms with van der Waals surface area (Å²) in [6.45, 7) is 0.941. The quantitative estimate of drug-likeness (QED) is 0.565. The van der Waals surface area contributed by atoms with Crippen LogP contribution in [-0.4, -0.2) is 31.3 Å². The van der Waals surface area contributed by atoms with Crippen LogP contribution in [0.4, 0.5) is 5.69 Å². The van der Waals surface area contributed by atoms with E-state index in [0.717, 1.165) is 0 Å². The van der Waals surface area contributed by atoms with E-state index in [1.165, 1.54) is 0 Å². The Kier molecular flexibility index (Phi) is 7.46. The molecule has 5 nitrogen and oxygen atoms in total. The molecular weight excluding hydrogens is 383 g/mol. The van der Waals surface area contributed by atoms with E-state index in [1.54, 1.807) is 49.6 Å². The van der Waals surface area contributed by atoms with Gasteiger partial charge in [0.1, 0.15) is 12.4 Å². The van der Waals surface area contributed by atoms with E-state index in [0.29, 0.717) is 40.3 Å². The third kappa shape index (κ3) is 6.17. The van der Waals surface area contributed by atoms with E-state index in [4.69, 9.17) is 44.9 Å². The molecule has 0 aliphatic heterocycles. The van der Waals surface area contributed by atoms with Crippen LogP contribution in [0.3, 0.4) is 0 Å². The summed E-state index contributed by atoms with van der Waals surface area (Å²) in [5.41, 5.74) is 1.08. The standard InChI is InChI=1S/C17H16Cl2N2O3S/c1-23-8-9-24-13-5-2-11(3-6-13)16(22)21-17(25)20-12-4-7-14(18)15(19)10-12/h2-7,10H,8-9H2,1H3,(H2,20,21,22,25). The van der Waals surface area contributed by atoms with Gasteiger partial charge in [-0.25, -0.2) is 0 Å². The molecule has 0 aromatic heterocycles. The Morgan fingerprint density at radius 2 is 1.80 bits per heavy atom. The Morgan fingerprint density at radius 1 is 1.08 bits per heavy atom. The first-order valence-electron chi connectivity index (χ1n) is 7.29. The lowest BCUT2D eigenvalue weighted by Crippen LogP contribution is -2.34. The van der Waals surface area contributed by atoms with Crippen molar-refractivity contribution in [3.05, 3.63) is 58.1 Å². The summed E-state index contributed by atoms with van der Waals surface area (Å²) < 4.78 is 10.3. The van der Waals surface area contributed by atoms with Gasteiger partial charge in [0, 0.05) is 18.4 Å². The van der Waals surface area contributed by atoms with Crippen molar-refractivity contribution in [1.82, 2.24) is 5.32 Å². The monoisotopic (exact) mass is 398 g/mol. The molecule has 1 amide bonds. The van der Waals surface area contributed by atoms with Gasteiger partial charge in [-0.3, -0.25) is 10.1 Å². The molecule has 2 rings (SSSR count). The zero-order chi connectivity index (χ0) is 18.2. The Balaban J connectivity index is 1.89. The van der Waals surface area contributed by atoms with Gasteiger partial charge in [-0.15, -0.1) is 0 Å². The van der Waals surface area contributed by atoms with Crippen LogP contribution in [0.25, 0.3) is 0 Å². The van der Waals surface area contributed by atoms with Crippen LogP contribution < -0.4 is 15.4 Å². The fourth-order valence-corrected chi connectivity index (χ4v) is 2.37. The minimum atomic E-state index is -0.332. The molecule has 132 valence electrons. The summed E-state index contributed by atoms with van der Waals surface area (Å²) >= 11 is 16.9. The highest BCUT2D eigenvalue weighted by atomic mass is 35.5. The zero-order valence-corrected chi connectivity index (χ0v) is 15.7. The van der Waals surface area contributed by atoms with Gasteiger partial charge >= 0.3 is 0 Å². The van der Waals surface area contributed by atoms with Gasteiger partial charge in [0.05, 0.1) is 16.7 Å². The number of nitrogens with one attached hydrogen (secondary N) is 2. The number of hydrogen-bond acceptors (Lipinski definition) is 4. The lowest BCUT2D eigenvalue weighted by Gasteiger charge is -2.11. The van der Waals surface area contributed by atoms with Crippen LogP contribution in [0.15, 0.2) is 42.5 Å². The highest BCUT2D eigenvalue weighted by Gasteiger charge is 2.09. The van der Waals surface area contributed by atoms with E-state index < -0.39 is 0 Å². The lowest BCUT2D eigenvalue weighted by molar-refractivity contribution is 0.0977. The Hall–Kier alpha value is -1.86. The maximum Gasteiger partial charge on any atom is 0.257 e. The summed E-state index contributed by atoms with van der Waals surface area (Å²) in [5, 5.41) is 6.46. The van der Waals surface area contributed by atoms with Crippen LogP contribution in [-0.2, 0) is 4.74 Å². The van der Waals surface area contributed by atoms with Gasteiger partial charge < -0.3 is 14.8 Å². The molecule has 2 N–H and O–H groups in total. The van der Waals surface area contributed by atoms with Crippen molar-refractivity contribution >= 4 is 52.1 Å². The predicted octanol–water partition coefficient (Wildman–Crippen LogP) is 4.15. The van der Waals surface area contributed by atoms with Crippen LogP contribution in [0.2, 0.25) is 10.0 Å². The third-order valence-corrected chi connectivity index (χ3v) is 4.02. The molecular formula is C17H16Cl2N2O3S. The second-order valence-corrected chi connectivity index (χ2v) is 6.13. The number of benzene rings is 2. The molecule has 2 aromatic rings. The lowest BCUT2D eigenvalue weighted by atomic mass is 10.2. The van der Waals surface area contributed by atoms with Gasteiger partial charge in [-0.05, 0) is 54.7 Å². The molecule has 0 spiro atoms. The number of ether oxygens (including phenoxy) is 2. The number of amides is 1. The molecule has 0 heterocycles. The van der Waals surface area contributed by atoms with Crippen molar-refractivity contribution in [1.29, 1.82) is 0 Å². The van der Waals surface area contributed by atoms with Crippen molar-refractivity contribution in [3.8, 4) is 5.75 Å². The van der Waals surface area contributed by atoms with E-state index in [-0.39, 0.29) is 11.0 Å². The zero-order valence-electron chi connectivity index (χ0n) is 13.3. The molecule has 0 unspecified atom stereocenters. The molecule has 8 heteroatoms. The number of methoxy groups -OCH3 is 1. The van der Waals surface area contributed by atoms with Crippen molar-refractivity contribution in [2.45, 2.75) is 0 Å². The second kappa shape index (κ2) is 9.58. The highest BCUT2D eigenvalue weighted by molar-refractivity contribution is 7.80. The van der Waals surface area contributed by atoms with Gasteiger partial charge in [-0.2, -0.15) is 0 Å². The molecule has 0 aliphatic rings. The first kappa shape index (κ1) is 19.5. The van der Waals surface area contributed by atoms with Crippen molar-refractivity contribution in [2.24, 2.45) is 0 Å². The highest BCUT2D eigenvalue weighted by Crippen LogP contribution is 2.24. The summed E-state index contributed by atoms with van der Waals surface area (Å²) in [4.78, 5) is 12.2. The van der Waals surface area contributed by atoms with E-state index >= 15 is 0 Å². The summed E-state index contributed by atoms with van der Waals surface area (Å²) in [5.74, 6) is 0.325. The van der Waals surface area contributed by atoms with Crippen molar-refractivity contribution in [2.75, 3.05) is 25.6 Å². The molecule has 0 fully saturated rings. The minimum absolute atomic E-state index is 0.156. The van der Waals surface area contributed by atoms with Crippen LogP contribution in [0.5, 0.6) is 5.75 Å². The van der Waals surface area contributed by atoms with E-state index in [1.807, 2.05) is 0 Å². The molecule has 0 aliphatic carbocycles. The molecule has 25 heavy (non-hydrogen) atoms. The summed E-state index contributed by atoms with van der Waals surface area (Å²) in [6.07, 6.45) is 0. The number of rotatable bonds is 6. The van der Waals surface area contributed by atoms with E-state index in [9.17, 15) is 4.79 Å². The number of carbonyl (C=O) groups is 1. The molecule has 0 saturated heterocycles. The average Bonchev–Trinajstić information content (AvgIpc) is 2.59. The number of halogens is 2. The Labute approximate surface area is 161 Å². The SMILES string of the molecule is COCCOc1ccc(C(=O)NC(=S)Nc2ccc(Cl)c(Cl)c2)cc1. The smallest absolute Gasteiger partial charge is 0.257 e. The van der Waals surface area contributed by atoms with Crippen LogP contribution in [0.1, 0.15) is 10.4 Å². The molecule has 0 saturated carbocycles. The van der Waals surface area contributed by atoms with Gasteiger partial charge in [0.2, 0.25) is 0 Å². The number of hydrogen-bond donors (Lipinski definition) is 2. The first-order valence-corrected chi connectivity index (χ1v) is 8.45.